The minimum Gasteiger partial charge on any atom is -0.315 e. The summed E-state index contributed by atoms with van der Waals surface area (Å²) >= 11 is 0. The lowest BCUT2D eigenvalue weighted by Crippen LogP contribution is -2.33. The maximum atomic E-state index is 14.3. The normalized spacial score (nSPS) is 11.6. The molecule has 0 heterocycles. The zero-order chi connectivity index (χ0) is 16.0. The quantitative estimate of drug-likeness (QED) is 0.779. The fourth-order valence-electron chi connectivity index (χ4n) is 1.89. The molecule has 0 spiro atoms. The SMILES string of the molecule is C#CCN(CCC)S(=O)(=O)c1ccc(F)c(CNC)c1F. The highest BCUT2D eigenvalue weighted by molar-refractivity contribution is 7.89. The smallest absolute Gasteiger partial charge is 0.246 e. The molecule has 0 atom stereocenters. The zero-order valence-electron chi connectivity index (χ0n) is 12.0. The van der Waals surface area contributed by atoms with E-state index in [9.17, 15) is 17.2 Å². The molecule has 0 aromatic heterocycles. The second-order valence-corrected chi connectivity index (χ2v) is 6.32. The van der Waals surface area contributed by atoms with Crippen molar-refractivity contribution in [2.75, 3.05) is 20.1 Å². The second-order valence-electron chi connectivity index (χ2n) is 4.41. The number of rotatable bonds is 7. The van der Waals surface area contributed by atoms with Gasteiger partial charge in [-0.25, -0.2) is 17.2 Å². The summed E-state index contributed by atoms with van der Waals surface area (Å²) in [5.74, 6) is 0.364. The summed E-state index contributed by atoms with van der Waals surface area (Å²) in [6, 6.07) is 1.88. The molecule has 1 aromatic rings. The van der Waals surface area contributed by atoms with Crippen LogP contribution in [0, 0.1) is 24.0 Å². The average Bonchev–Trinajstić information content (AvgIpc) is 2.43. The van der Waals surface area contributed by atoms with Crippen LogP contribution >= 0.6 is 0 Å². The van der Waals surface area contributed by atoms with E-state index in [4.69, 9.17) is 6.42 Å². The van der Waals surface area contributed by atoms with Gasteiger partial charge in [0.1, 0.15) is 10.7 Å². The predicted molar refractivity (Wildman–Crippen MR) is 77.0 cm³/mol. The van der Waals surface area contributed by atoms with E-state index in [2.05, 4.69) is 11.2 Å². The summed E-state index contributed by atoms with van der Waals surface area (Å²) in [5, 5.41) is 2.60. The molecule has 4 nitrogen and oxygen atoms in total. The highest BCUT2D eigenvalue weighted by Gasteiger charge is 2.28. The molecule has 0 amide bonds. The Morgan fingerprint density at radius 2 is 2.05 bits per heavy atom. The predicted octanol–water partition coefficient (Wildman–Crippen LogP) is 1.72. The van der Waals surface area contributed by atoms with Crippen LogP contribution in [0.15, 0.2) is 17.0 Å². The molecular formula is C14H18F2N2O2S. The number of sulfonamides is 1. The van der Waals surface area contributed by atoms with Crippen molar-refractivity contribution in [1.29, 1.82) is 0 Å². The Balaban J connectivity index is 3.37. The molecular weight excluding hydrogens is 298 g/mol. The Morgan fingerprint density at radius 3 is 2.57 bits per heavy atom. The Kier molecular flexibility index (Phi) is 6.27. The lowest BCUT2D eigenvalue weighted by Gasteiger charge is -2.20. The van der Waals surface area contributed by atoms with E-state index in [0.29, 0.717) is 6.42 Å². The molecule has 116 valence electrons. The van der Waals surface area contributed by atoms with E-state index in [1.54, 1.807) is 6.92 Å². The Bertz CT molecular complexity index is 639. The first kappa shape index (κ1) is 17.6. The van der Waals surface area contributed by atoms with Gasteiger partial charge in [-0.1, -0.05) is 12.8 Å². The fourth-order valence-corrected chi connectivity index (χ4v) is 3.42. The first-order valence-corrected chi connectivity index (χ1v) is 7.89. The van der Waals surface area contributed by atoms with Gasteiger partial charge in [-0.05, 0) is 25.6 Å². The highest BCUT2D eigenvalue weighted by atomic mass is 32.2. The molecule has 0 unspecified atom stereocenters. The minimum atomic E-state index is -4.09. The summed E-state index contributed by atoms with van der Waals surface area (Å²) in [7, 11) is -2.58. The summed E-state index contributed by atoms with van der Waals surface area (Å²) in [5.41, 5.74) is -0.310. The maximum absolute atomic E-state index is 14.3. The summed E-state index contributed by atoms with van der Waals surface area (Å²) in [6.45, 7) is 1.69. The summed E-state index contributed by atoms with van der Waals surface area (Å²) in [6.07, 6.45) is 5.69. The van der Waals surface area contributed by atoms with Crippen LogP contribution in [0.25, 0.3) is 0 Å². The number of halogens is 2. The molecule has 0 aliphatic carbocycles. The van der Waals surface area contributed by atoms with Crippen molar-refractivity contribution in [1.82, 2.24) is 9.62 Å². The van der Waals surface area contributed by atoms with Gasteiger partial charge in [-0.2, -0.15) is 4.31 Å². The second kappa shape index (κ2) is 7.50. The molecule has 0 aliphatic heterocycles. The Morgan fingerprint density at radius 1 is 1.38 bits per heavy atom. The van der Waals surface area contributed by atoms with Gasteiger partial charge >= 0.3 is 0 Å². The minimum absolute atomic E-state index is 0.107. The number of hydrogen-bond acceptors (Lipinski definition) is 3. The molecule has 0 bridgehead atoms. The van der Waals surface area contributed by atoms with E-state index in [-0.39, 0.29) is 25.2 Å². The van der Waals surface area contributed by atoms with Crippen LogP contribution in [0.4, 0.5) is 8.78 Å². The number of nitrogens with one attached hydrogen (secondary N) is 1. The third kappa shape index (κ3) is 3.79. The van der Waals surface area contributed by atoms with E-state index in [1.165, 1.54) is 7.05 Å². The van der Waals surface area contributed by atoms with E-state index in [0.717, 1.165) is 16.4 Å². The van der Waals surface area contributed by atoms with Gasteiger partial charge in [0.05, 0.1) is 6.54 Å². The highest BCUT2D eigenvalue weighted by Crippen LogP contribution is 2.24. The largest absolute Gasteiger partial charge is 0.315 e. The molecule has 0 saturated heterocycles. The number of nitrogens with zero attached hydrogens (tertiary/aromatic N) is 1. The van der Waals surface area contributed by atoms with Crippen LogP contribution in [0.5, 0.6) is 0 Å². The van der Waals surface area contributed by atoms with E-state index >= 15 is 0 Å². The van der Waals surface area contributed by atoms with Crippen LogP contribution in [0.2, 0.25) is 0 Å². The molecule has 1 rings (SSSR count). The van der Waals surface area contributed by atoms with Crippen LogP contribution in [-0.2, 0) is 16.6 Å². The van der Waals surface area contributed by atoms with Gasteiger partial charge in [-0.15, -0.1) is 6.42 Å². The van der Waals surface area contributed by atoms with Gasteiger partial charge in [0, 0.05) is 18.7 Å². The third-order valence-corrected chi connectivity index (χ3v) is 4.73. The topological polar surface area (TPSA) is 49.4 Å². The van der Waals surface area contributed by atoms with Gasteiger partial charge < -0.3 is 5.32 Å². The van der Waals surface area contributed by atoms with E-state index in [1.807, 2.05) is 0 Å². The van der Waals surface area contributed by atoms with Crippen molar-refractivity contribution >= 4 is 10.0 Å². The Hall–Kier alpha value is -1.49. The van der Waals surface area contributed by atoms with Crippen molar-refractivity contribution in [3.63, 3.8) is 0 Å². The van der Waals surface area contributed by atoms with Crippen molar-refractivity contribution in [2.45, 2.75) is 24.8 Å². The summed E-state index contributed by atoms with van der Waals surface area (Å²) < 4.78 is 53.8. The molecule has 1 N–H and O–H groups in total. The molecule has 0 saturated carbocycles. The monoisotopic (exact) mass is 316 g/mol. The van der Waals surface area contributed by atoms with Gasteiger partial charge in [0.2, 0.25) is 10.0 Å². The van der Waals surface area contributed by atoms with Gasteiger partial charge in [0.25, 0.3) is 0 Å². The first-order valence-electron chi connectivity index (χ1n) is 6.45. The maximum Gasteiger partial charge on any atom is 0.246 e. The van der Waals surface area contributed by atoms with Crippen LogP contribution in [0.3, 0.4) is 0 Å². The van der Waals surface area contributed by atoms with Crippen molar-refractivity contribution < 1.29 is 17.2 Å². The number of benzene rings is 1. The first-order chi connectivity index (χ1) is 9.89. The van der Waals surface area contributed by atoms with Crippen molar-refractivity contribution in [2.24, 2.45) is 0 Å². The van der Waals surface area contributed by atoms with Gasteiger partial charge in [-0.3, -0.25) is 0 Å². The van der Waals surface area contributed by atoms with E-state index < -0.39 is 26.6 Å². The molecule has 1 aromatic carbocycles. The molecule has 0 aliphatic rings. The zero-order valence-corrected chi connectivity index (χ0v) is 12.8. The third-order valence-electron chi connectivity index (χ3n) is 2.86. The lowest BCUT2D eigenvalue weighted by molar-refractivity contribution is 0.438. The number of terminal acetylenes is 1. The van der Waals surface area contributed by atoms with Crippen molar-refractivity contribution in [3.8, 4) is 12.3 Å². The Labute approximate surface area is 124 Å². The molecule has 21 heavy (non-hydrogen) atoms. The summed E-state index contributed by atoms with van der Waals surface area (Å²) in [4.78, 5) is -0.558. The van der Waals surface area contributed by atoms with Crippen LogP contribution in [0.1, 0.15) is 18.9 Å². The number of hydrogen-bond donors (Lipinski definition) is 1. The average molecular weight is 316 g/mol. The molecule has 0 radical (unpaired) electrons. The lowest BCUT2D eigenvalue weighted by atomic mass is 10.2. The standard InChI is InChI=1S/C14H18F2N2O2S/c1-4-8-18(9-5-2)21(19,20)13-7-6-12(15)11(10-17-3)14(13)16/h1,6-7,17H,5,8-10H2,2-3H3. The van der Waals surface area contributed by atoms with Crippen molar-refractivity contribution in [3.05, 3.63) is 29.3 Å². The van der Waals surface area contributed by atoms with Crippen LogP contribution < -0.4 is 5.32 Å². The van der Waals surface area contributed by atoms with Gasteiger partial charge in [0.15, 0.2) is 5.82 Å². The molecule has 0 fully saturated rings. The fraction of sp³-hybridized carbons (Fsp3) is 0.429. The van der Waals surface area contributed by atoms with Crippen LogP contribution in [-0.4, -0.2) is 32.9 Å². The molecule has 7 heteroatoms.